The standard InChI is InChI=1S/C27H23Cl2N5O5S/c1-18-14-20(19(2)33(18)23-12-13-25(28)26(29)15-23)16-30-31-27(35)17-32(21-8-10-22(11-9-21)34(36)37)40(38,39)24-6-4-3-5-7-24/h3-16H,17H2,1-2H3,(H,31,35)/b30-16+. The molecule has 1 aromatic heterocycles. The largest absolute Gasteiger partial charge is 0.318 e. The third-order valence-corrected chi connectivity index (χ3v) is 8.52. The Morgan fingerprint density at radius 3 is 2.33 bits per heavy atom. The van der Waals surface area contributed by atoms with Crippen LogP contribution < -0.4 is 9.73 Å². The smallest absolute Gasteiger partial charge is 0.269 e. The molecule has 1 amide bonds. The minimum absolute atomic E-state index is 0.0422. The van der Waals surface area contributed by atoms with E-state index < -0.39 is 27.4 Å². The van der Waals surface area contributed by atoms with E-state index >= 15 is 0 Å². The maximum absolute atomic E-state index is 13.4. The van der Waals surface area contributed by atoms with E-state index in [2.05, 4.69) is 10.5 Å². The van der Waals surface area contributed by atoms with Crippen LogP contribution in [0.5, 0.6) is 0 Å². The topological polar surface area (TPSA) is 127 Å². The van der Waals surface area contributed by atoms with Crippen molar-refractivity contribution in [1.29, 1.82) is 0 Å². The zero-order valence-electron chi connectivity index (χ0n) is 21.3. The minimum atomic E-state index is -4.18. The Morgan fingerprint density at radius 1 is 1.02 bits per heavy atom. The van der Waals surface area contributed by atoms with Crippen molar-refractivity contribution in [2.24, 2.45) is 5.10 Å². The second kappa shape index (κ2) is 11.9. The number of non-ortho nitro benzene ring substituents is 1. The molecule has 3 aromatic carbocycles. The van der Waals surface area contributed by atoms with Crippen molar-refractivity contribution >= 4 is 56.7 Å². The number of hydrogen-bond donors (Lipinski definition) is 1. The Bertz CT molecular complexity index is 1710. The number of hydrazone groups is 1. The lowest BCUT2D eigenvalue weighted by Gasteiger charge is -2.23. The van der Waals surface area contributed by atoms with Crippen molar-refractivity contribution < 1.29 is 18.1 Å². The number of nitro groups is 1. The van der Waals surface area contributed by atoms with Gasteiger partial charge in [0.1, 0.15) is 6.54 Å². The summed E-state index contributed by atoms with van der Waals surface area (Å²) in [6.07, 6.45) is 1.45. The second-order valence-electron chi connectivity index (χ2n) is 8.65. The number of nitrogens with one attached hydrogen (secondary N) is 1. The number of carbonyl (C=O) groups excluding carboxylic acids is 1. The monoisotopic (exact) mass is 599 g/mol. The summed E-state index contributed by atoms with van der Waals surface area (Å²) in [6.45, 7) is 3.16. The number of carbonyl (C=O) groups is 1. The first kappa shape index (κ1) is 28.8. The maximum atomic E-state index is 13.4. The quantitative estimate of drug-likeness (QED) is 0.151. The van der Waals surface area contributed by atoms with Crippen LogP contribution >= 0.6 is 23.2 Å². The van der Waals surface area contributed by atoms with Crippen LogP contribution in [0.4, 0.5) is 11.4 Å². The number of amides is 1. The van der Waals surface area contributed by atoms with Crippen molar-refractivity contribution in [2.75, 3.05) is 10.8 Å². The normalized spacial score (nSPS) is 11.5. The Morgan fingerprint density at radius 2 is 1.70 bits per heavy atom. The summed E-state index contributed by atoms with van der Waals surface area (Å²) < 4.78 is 29.6. The number of sulfonamides is 1. The van der Waals surface area contributed by atoms with E-state index in [0.717, 1.165) is 21.4 Å². The number of aromatic nitrogens is 1. The molecule has 1 heterocycles. The molecule has 0 bridgehead atoms. The van der Waals surface area contributed by atoms with Crippen molar-refractivity contribution in [3.05, 3.63) is 116 Å². The van der Waals surface area contributed by atoms with Gasteiger partial charge in [0.2, 0.25) is 0 Å². The molecule has 40 heavy (non-hydrogen) atoms. The van der Waals surface area contributed by atoms with Crippen molar-refractivity contribution in [2.45, 2.75) is 18.7 Å². The number of rotatable bonds is 9. The highest BCUT2D eigenvalue weighted by Crippen LogP contribution is 2.28. The lowest BCUT2D eigenvalue weighted by Crippen LogP contribution is -2.39. The van der Waals surface area contributed by atoms with Gasteiger partial charge in [0, 0.05) is 34.8 Å². The van der Waals surface area contributed by atoms with Gasteiger partial charge in [-0.1, -0.05) is 41.4 Å². The summed E-state index contributed by atoms with van der Waals surface area (Å²) in [6, 6.07) is 19.6. The Balaban J connectivity index is 1.56. The number of nitrogens with zero attached hydrogens (tertiary/aromatic N) is 4. The number of nitro benzene ring substituents is 1. The second-order valence-corrected chi connectivity index (χ2v) is 11.3. The molecule has 10 nitrogen and oxygen atoms in total. The van der Waals surface area contributed by atoms with Crippen LogP contribution in [0.15, 0.2) is 88.9 Å². The molecule has 0 atom stereocenters. The zero-order chi connectivity index (χ0) is 29.0. The van der Waals surface area contributed by atoms with E-state index in [1.54, 1.807) is 30.3 Å². The minimum Gasteiger partial charge on any atom is -0.318 e. The number of aryl methyl sites for hydroxylation is 1. The molecule has 0 radical (unpaired) electrons. The van der Waals surface area contributed by atoms with Gasteiger partial charge in [0.15, 0.2) is 0 Å². The summed E-state index contributed by atoms with van der Waals surface area (Å²) in [5.74, 6) is -0.715. The van der Waals surface area contributed by atoms with Crippen LogP contribution in [-0.2, 0) is 14.8 Å². The van der Waals surface area contributed by atoms with Crippen LogP contribution in [0.25, 0.3) is 5.69 Å². The maximum Gasteiger partial charge on any atom is 0.269 e. The Kier molecular flexibility index (Phi) is 8.58. The van der Waals surface area contributed by atoms with Gasteiger partial charge in [-0.3, -0.25) is 19.2 Å². The first-order valence-corrected chi connectivity index (χ1v) is 14.0. The molecule has 0 aliphatic rings. The number of halogens is 2. The van der Waals surface area contributed by atoms with E-state index in [1.807, 2.05) is 30.5 Å². The van der Waals surface area contributed by atoms with Crippen molar-refractivity contribution in [3.63, 3.8) is 0 Å². The van der Waals surface area contributed by atoms with E-state index in [0.29, 0.717) is 15.6 Å². The summed E-state index contributed by atoms with van der Waals surface area (Å²) in [5, 5.41) is 15.9. The third kappa shape index (κ3) is 6.17. The average molecular weight is 600 g/mol. The fourth-order valence-corrected chi connectivity index (χ4v) is 5.79. The fourth-order valence-electron chi connectivity index (χ4n) is 4.05. The predicted octanol–water partition coefficient (Wildman–Crippen LogP) is 5.65. The van der Waals surface area contributed by atoms with Gasteiger partial charge in [0.25, 0.3) is 21.6 Å². The molecule has 206 valence electrons. The van der Waals surface area contributed by atoms with Gasteiger partial charge < -0.3 is 4.57 Å². The van der Waals surface area contributed by atoms with Crippen molar-refractivity contribution in [3.8, 4) is 5.69 Å². The molecule has 0 aliphatic heterocycles. The average Bonchev–Trinajstić information content (AvgIpc) is 3.21. The number of anilines is 1. The Hall–Kier alpha value is -4.19. The van der Waals surface area contributed by atoms with Crippen molar-refractivity contribution in [1.82, 2.24) is 9.99 Å². The van der Waals surface area contributed by atoms with Crippen LogP contribution in [-0.4, -0.2) is 36.6 Å². The van der Waals surface area contributed by atoms with Gasteiger partial charge in [0.05, 0.1) is 31.8 Å². The highest BCUT2D eigenvalue weighted by Gasteiger charge is 2.27. The zero-order valence-corrected chi connectivity index (χ0v) is 23.6. The SMILES string of the molecule is Cc1cc(/C=N/NC(=O)CN(c2ccc([N+](=O)[O-])cc2)S(=O)(=O)c2ccccc2)c(C)n1-c1ccc(Cl)c(Cl)c1. The summed E-state index contributed by atoms with van der Waals surface area (Å²) >= 11 is 12.2. The molecule has 4 aromatic rings. The van der Waals surface area contributed by atoms with Gasteiger partial charge in [-0.15, -0.1) is 0 Å². The Labute approximate surface area is 240 Å². The molecular weight excluding hydrogens is 577 g/mol. The molecular formula is C27H23Cl2N5O5S. The molecule has 0 saturated carbocycles. The lowest BCUT2D eigenvalue weighted by molar-refractivity contribution is -0.384. The summed E-state index contributed by atoms with van der Waals surface area (Å²) in [4.78, 5) is 23.3. The van der Waals surface area contributed by atoms with E-state index in [9.17, 15) is 23.3 Å². The molecule has 0 unspecified atom stereocenters. The molecule has 0 spiro atoms. The van der Waals surface area contributed by atoms with Crippen LogP contribution in [0.1, 0.15) is 17.0 Å². The first-order valence-electron chi connectivity index (χ1n) is 11.8. The third-order valence-electron chi connectivity index (χ3n) is 5.99. The predicted molar refractivity (Wildman–Crippen MR) is 155 cm³/mol. The van der Waals surface area contributed by atoms with Crippen LogP contribution in [0.2, 0.25) is 10.0 Å². The number of hydrogen-bond acceptors (Lipinski definition) is 6. The molecule has 1 N–H and O–H groups in total. The molecule has 4 rings (SSSR count). The summed E-state index contributed by atoms with van der Waals surface area (Å²) in [7, 11) is -4.18. The molecule has 13 heteroatoms. The molecule has 0 aliphatic carbocycles. The number of benzene rings is 3. The molecule has 0 fully saturated rings. The van der Waals surface area contributed by atoms with Gasteiger partial charge >= 0.3 is 0 Å². The summed E-state index contributed by atoms with van der Waals surface area (Å²) in [5.41, 5.74) is 5.47. The van der Waals surface area contributed by atoms with Gasteiger partial charge in [-0.25, -0.2) is 13.8 Å². The first-order chi connectivity index (χ1) is 19.0. The van der Waals surface area contributed by atoms with Gasteiger partial charge in [-0.05, 0) is 62.4 Å². The van der Waals surface area contributed by atoms with Crippen LogP contribution in [0, 0.1) is 24.0 Å². The highest BCUT2D eigenvalue weighted by atomic mass is 35.5. The lowest BCUT2D eigenvalue weighted by atomic mass is 10.2. The van der Waals surface area contributed by atoms with Gasteiger partial charge in [-0.2, -0.15) is 5.10 Å². The van der Waals surface area contributed by atoms with E-state index in [-0.39, 0.29) is 16.3 Å². The fraction of sp³-hybridized carbons (Fsp3) is 0.111. The van der Waals surface area contributed by atoms with E-state index in [1.165, 1.54) is 42.6 Å². The highest BCUT2D eigenvalue weighted by molar-refractivity contribution is 7.92. The molecule has 0 saturated heterocycles. The van der Waals surface area contributed by atoms with Crippen LogP contribution in [0.3, 0.4) is 0 Å². The van der Waals surface area contributed by atoms with E-state index in [4.69, 9.17) is 23.2 Å².